The van der Waals surface area contributed by atoms with E-state index in [0.717, 1.165) is 38.5 Å². The second-order valence-electron chi connectivity index (χ2n) is 15.1. The monoisotopic (exact) mass is 784 g/mol. The third kappa shape index (κ3) is 24.3. The molecular formula is C39H77NO12S. The SMILES string of the molecule is CCCCCCCCCCCCCCCCC(O)C(COC1OC(CO)C(O)C(OS(=O)(=O)O)C1O)NC(=O)C(O)CCCCCCCCCCCC. The van der Waals surface area contributed by atoms with Crippen molar-refractivity contribution in [1.29, 1.82) is 0 Å². The molecule has 0 aromatic heterocycles. The van der Waals surface area contributed by atoms with Crippen molar-refractivity contribution in [2.45, 2.75) is 230 Å². The van der Waals surface area contributed by atoms with Gasteiger partial charge in [-0.3, -0.25) is 9.35 Å². The Balaban J connectivity index is 2.63. The Labute approximate surface area is 320 Å². The zero-order valence-corrected chi connectivity index (χ0v) is 33.8. The van der Waals surface area contributed by atoms with Crippen LogP contribution in [-0.4, -0.2) is 107 Å². The standard InChI is InChI=1S/C39H77NO12S/c1-3-5-7-9-11-13-15-16-17-18-20-21-23-25-27-32(42)31(40-38(46)33(43)28-26-24-22-19-14-12-10-8-6-4-2)30-50-39-36(45)37(52-53(47,48)49)35(44)34(29-41)51-39/h31-37,39,41-45H,3-30H2,1-2H3,(H,40,46)(H,47,48,49). The van der Waals surface area contributed by atoms with Crippen LogP contribution in [0, 0.1) is 0 Å². The van der Waals surface area contributed by atoms with Crippen molar-refractivity contribution in [3.8, 4) is 0 Å². The summed E-state index contributed by atoms with van der Waals surface area (Å²) < 4.78 is 47.4. The Morgan fingerprint density at radius 1 is 0.679 bits per heavy atom. The van der Waals surface area contributed by atoms with Crippen molar-refractivity contribution in [3.05, 3.63) is 0 Å². The molecule has 7 N–H and O–H groups in total. The fourth-order valence-corrected chi connectivity index (χ4v) is 7.39. The van der Waals surface area contributed by atoms with Crippen LogP contribution in [0.4, 0.5) is 0 Å². The van der Waals surface area contributed by atoms with E-state index in [1.807, 2.05) is 0 Å². The predicted octanol–water partition coefficient (Wildman–Crippen LogP) is 6.02. The van der Waals surface area contributed by atoms with Gasteiger partial charge in [-0.05, 0) is 12.8 Å². The summed E-state index contributed by atoms with van der Waals surface area (Å²) in [6, 6.07) is -1.02. The lowest BCUT2D eigenvalue weighted by Crippen LogP contribution is -2.61. The average molecular weight is 784 g/mol. The second-order valence-corrected chi connectivity index (χ2v) is 16.1. The van der Waals surface area contributed by atoms with E-state index in [1.54, 1.807) is 0 Å². The van der Waals surface area contributed by atoms with E-state index in [9.17, 15) is 38.7 Å². The van der Waals surface area contributed by atoms with Gasteiger partial charge in [0.15, 0.2) is 6.29 Å². The molecule has 1 aliphatic heterocycles. The molecule has 13 nitrogen and oxygen atoms in total. The van der Waals surface area contributed by atoms with Crippen LogP contribution in [0.15, 0.2) is 0 Å². The molecule has 0 aliphatic carbocycles. The van der Waals surface area contributed by atoms with Gasteiger partial charge in [0.25, 0.3) is 0 Å². The largest absolute Gasteiger partial charge is 0.397 e. The summed E-state index contributed by atoms with van der Waals surface area (Å²) in [6.45, 7) is 3.24. The Hall–Kier alpha value is -0.940. The lowest BCUT2D eigenvalue weighted by molar-refractivity contribution is -0.298. The van der Waals surface area contributed by atoms with Crippen LogP contribution in [0.2, 0.25) is 0 Å². The Kier molecular flexibility index (Phi) is 29.5. The molecular weight excluding hydrogens is 706 g/mol. The number of ether oxygens (including phenoxy) is 2. The van der Waals surface area contributed by atoms with Crippen LogP contribution in [0.5, 0.6) is 0 Å². The molecule has 1 heterocycles. The van der Waals surface area contributed by atoms with Gasteiger partial charge in [0, 0.05) is 0 Å². The molecule has 0 bridgehead atoms. The first-order valence-corrected chi connectivity index (χ1v) is 22.4. The summed E-state index contributed by atoms with van der Waals surface area (Å²) in [6.07, 6.45) is 17.3. The molecule has 1 amide bonds. The number of hydrogen-bond donors (Lipinski definition) is 7. The predicted molar refractivity (Wildman–Crippen MR) is 205 cm³/mol. The molecule has 0 spiro atoms. The molecule has 14 heteroatoms. The summed E-state index contributed by atoms with van der Waals surface area (Å²) in [5, 5.41) is 55.1. The van der Waals surface area contributed by atoms with Crippen LogP contribution in [0.25, 0.3) is 0 Å². The highest BCUT2D eigenvalue weighted by molar-refractivity contribution is 7.80. The average Bonchev–Trinajstić information content (AvgIpc) is 3.12. The van der Waals surface area contributed by atoms with E-state index < -0.39 is 78.5 Å². The van der Waals surface area contributed by atoms with Crippen molar-refractivity contribution in [2.75, 3.05) is 13.2 Å². The van der Waals surface area contributed by atoms with Gasteiger partial charge in [-0.25, -0.2) is 4.18 Å². The molecule has 1 aliphatic rings. The Morgan fingerprint density at radius 3 is 1.51 bits per heavy atom. The first-order chi connectivity index (χ1) is 25.4. The summed E-state index contributed by atoms with van der Waals surface area (Å²) in [4.78, 5) is 13.0. The number of rotatable bonds is 35. The molecule has 0 aromatic carbocycles. The highest BCUT2D eigenvalue weighted by Crippen LogP contribution is 2.26. The van der Waals surface area contributed by atoms with Crippen molar-refractivity contribution in [2.24, 2.45) is 0 Å². The number of carbonyl (C=O) groups excluding carboxylic acids is 1. The summed E-state index contributed by atoms with van der Waals surface area (Å²) in [5.41, 5.74) is 0. The number of carbonyl (C=O) groups is 1. The first kappa shape index (κ1) is 50.1. The van der Waals surface area contributed by atoms with Gasteiger partial charge in [-0.2, -0.15) is 8.42 Å². The zero-order valence-electron chi connectivity index (χ0n) is 33.0. The molecule has 53 heavy (non-hydrogen) atoms. The minimum Gasteiger partial charge on any atom is -0.394 e. The number of hydrogen-bond acceptors (Lipinski definition) is 11. The molecule has 0 radical (unpaired) electrons. The van der Waals surface area contributed by atoms with Gasteiger partial charge in [-0.15, -0.1) is 0 Å². The maximum absolute atomic E-state index is 13.0. The topological polar surface area (TPSA) is 212 Å². The molecule has 1 saturated heterocycles. The van der Waals surface area contributed by atoms with E-state index in [2.05, 4.69) is 23.3 Å². The van der Waals surface area contributed by atoms with Crippen LogP contribution in [0.3, 0.4) is 0 Å². The second kappa shape index (κ2) is 31.2. The number of unbranched alkanes of at least 4 members (excludes halogenated alkanes) is 22. The van der Waals surface area contributed by atoms with Gasteiger partial charge < -0.3 is 40.3 Å². The van der Waals surface area contributed by atoms with E-state index in [4.69, 9.17) is 14.0 Å². The summed E-state index contributed by atoms with van der Waals surface area (Å²) >= 11 is 0. The van der Waals surface area contributed by atoms with Crippen molar-refractivity contribution in [1.82, 2.24) is 5.32 Å². The Bertz CT molecular complexity index is 990. The van der Waals surface area contributed by atoms with Gasteiger partial charge in [0.05, 0.1) is 25.4 Å². The molecule has 8 atom stereocenters. The summed E-state index contributed by atoms with van der Waals surface area (Å²) in [5.74, 6) is -0.670. The van der Waals surface area contributed by atoms with Crippen molar-refractivity contribution in [3.63, 3.8) is 0 Å². The lowest BCUT2D eigenvalue weighted by Gasteiger charge is -2.41. The lowest BCUT2D eigenvalue weighted by atomic mass is 9.99. The van der Waals surface area contributed by atoms with Gasteiger partial charge >= 0.3 is 10.4 Å². The normalized spacial score (nSPS) is 22.5. The molecule has 1 rings (SSSR count). The van der Waals surface area contributed by atoms with Gasteiger partial charge in [0.1, 0.15) is 30.5 Å². The summed E-state index contributed by atoms with van der Waals surface area (Å²) in [7, 11) is -5.10. The number of nitrogens with one attached hydrogen (secondary N) is 1. The molecule has 0 aromatic rings. The van der Waals surface area contributed by atoms with Crippen LogP contribution in [-0.2, 0) is 28.9 Å². The third-order valence-electron chi connectivity index (χ3n) is 10.3. The third-order valence-corrected chi connectivity index (χ3v) is 10.7. The molecule has 0 saturated carbocycles. The fourth-order valence-electron chi connectivity index (χ4n) is 6.88. The van der Waals surface area contributed by atoms with E-state index in [-0.39, 0.29) is 6.42 Å². The Morgan fingerprint density at radius 2 is 1.09 bits per heavy atom. The minimum absolute atomic E-state index is 0.264. The highest BCUT2D eigenvalue weighted by Gasteiger charge is 2.48. The van der Waals surface area contributed by atoms with E-state index in [0.29, 0.717) is 19.3 Å². The maximum Gasteiger partial charge on any atom is 0.397 e. The van der Waals surface area contributed by atoms with Crippen LogP contribution < -0.4 is 5.32 Å². The van der Waals surface area contributed by atoms with E-state index in [1.165, 1.54) is 103 Å². The molecule has 316 valence electrons. The number of amides is 1. The van der Waals surface area contributed by atoms with E-state index >= 15 is 0 Å². The van der Waals surface area contributed by atoms with Gasteiger partial charge in [0.2, 0.25) is 5.91 Å². The highest BCUT2D eigenvalue weighted by atomic mass is 32.3. The molecule has 1 fully saturated rings. The molecule has 8 unspecified atom stereocenters. The van der Waals surface area contributed by atoms with Crippen LogP contribution >= 0.6 is 0 Å². The minimum atomic E-state index is -5.10. The van der Waals surface area contributed by atoms with Crippen molar-refractivity contribution >= 4 is 16.3 Å². The van der Waals surface area contributed by atoms with Crippen molar-refractivity contribution < 1.29 is 57.0 Å². The quantitative estimate of drug-likeness (QED) is 0.0291. The number of aliphatic hydroxyl groups excluding tert-OH is 5. The maximum atomic E-state index is 13.0. The number of aliphatic hydroxyl groups is 5. The fraction of sp³-hybridized carbons (Fsp3) is 0.974. The zero-order chi connectivity index (χ0) is 39.3. The first-order valence-electron chi connectivity index (χ1n) is 21.0. The smallest absolute Gasteiger partial charge is 0.394 e. The van der Waals surface area contributed by atoms with Gasteiger partial charge in [-0.1, -0.05) is 168 Å². The van der Waals surface area contributed by atoms with Crippen LogP contribution in [0.1, 0.15) is 181 Å².